The Labute approximate surface area is 125 Å². The quantitative estimate of drug-likeness (QED) is 0.923. The van der Waals surface area contributed by atoms with Crippen LogP contribution in [0.4, 0.5) is 10.1 Å². The number of hydrogen-bond donors (Lipinski definition) is 1. The average molecular weight is 305 g/mol. The third-order valence-corrected chi connectivity index (χ3v) is 5.25. The van der Waals surface area contributed by atoms with Crippen molar-refractivity contribution in [2.24, 2.45) is 0 Å². The predicted molar refractivity (Wildman–Crippen MR) is 82.2 cm³/mol. The number of aromatic nitrogens is 2. The Bertz CT molecular complexity index is 679. The first-order valence-corrected chi connectivity index (χ1v) is 8.07. The zero-order valence-corrected chi connectivity index (χ0v) is 13.0. The number of nitrogens with two attached hydrogens (primary N) is 1. The first-order chi connectivity index (χ1) is 9.60. The monoisotopic (exact) mass is 305 g/mol. The van der Waals surface area contributed by atoms with Crippen molar-refractivity contribution in [3.05, 3.63) is 21.8 Å². The van der Waals surface area contributed by atoms with Crippen molar-refractivity contribution in [1.29, 1.82) is 5.26 Å². The molecule has 0 atom stereocenters. The Morgan fingerprint density at radius 3 is 2.90 bits per heavy atom. The fraction of sp³-hybridized carbons (Fsp3) is 0.462. The van der Waals surface area contributed by atoms with Gasteiger partial charge in [-0.25, -0.2) is 4.98 Å². The van der Waals surface area contributed by atoms with Gasteiger partial charge in [-0.1, -0.05) is 13.8 Å². The number of hydrogen-bond acceptors (Lipinski definition) is 7. The summed E-state index contributed by atoms with van der Waals surface area (Å²) in [6, 6.07) is 2.22. The van der Waals surface area contributed by atoms with E-state index in [2.05, 4.69) is 34.2 Å². The van der Waals surface area contributed by atoms with Crippen molar-refractivity contribution < 1.29 is 0 Å². The third-order valence-electron chi connectivity index (χ3n) is 3.41. The predicted octanol–water partition coefficient (Wildman–Crippen LogP) is 2.74. The smallest absolute Gasteiger partial charge is 0.205 e. The average Bonchev–Trinajstić information content (AvgIpc) is 3.00. The van der Waals surface area contributed by atoms with E-state index in [9.17, 15) is 0 Å². The molecule has 3 rings (SSSR count). The van der Waals surface area contributed by atoms with Crippen LogP contribution in [0.1, 0.15) is 41.6 Å². The Kier molecular flexibility index (Phi) is 3.36. The molecule has 0 radical (unpaired) electrons. The molecule has 1 aliphatic heterocycles. The summed E-state index contributed by atoms with van der Waals surface area (Å²) in [5.74, 6) is 1.25. The summed E-state index contributed by atoms with van der Waals surface area (Å²) in [7, 11) is 0. The number of rotatable bonds is 2. The van der Waals surface area contributed by atoms with E-state index in [1.165, 1.54) is 27.7 Å². The molecule has 0 saturated heterocycles. The Morgan fingerprint density at radius 2 is 2.25 bits per heavy atom. The number of fused-ring (bicyclic) bond motifs is 1. The Hall–Kier alpha value is -1.65. The largest absolute Gasteiger partial charge is 0.389 e. The van der Waals surface area contributed by atoms with Gasteiger partial charge in [0.25, 0.3) is 0 Å². The molecule has 0 amide bonds. The first-order valence-electron chi connectivity index (χ1n) is 6.48. The van der Waals surface area contributed by atoms with Crippen LogP contribution >= 0.6 is 22.9 Å². The van der Waals surface area contributed by atoms with Crippen LogP contribution in [0, 0.1) is 11.3 Å². The molecule has 1 aliphatic rings. The minimum Gasteiger partial charge on any atom is -0.389 e. The number of anilines is 2. The molecule has 7 heteroatoms. The van der Waals surface area contributed by atoms with Crippen molar-refractivity contribution in [2.45, 2.75) is 32.7 Å². The summed E-state index contributed by atoms with van der Waals surface area (Å²) in [5.41, 5.74) is 7.71. The van der Waals surface area contributed by atoms with E-state index in [4.69, 9.17) is 11.0 Å². The lowest BCUT2D eigenvalue weighted by molar-refractivity contribution is 0.730. The standard InChI is InChI=1S/C13H15N5S2/c1-7(2)12-16-13(20-17-12)18-4-3-8-9(5-14)11(15)19-10(8)6-18/h7H,3-4,6,15H2,1-2H3. The van der Waals surface area contributed by atoms with Crippen LogP contribution in [0.25, 0.3) is 0 Å². The fourth-order valence-corrected chi connectivity index (χ4v) is 4.22. The molecule has 0 aliphatic carbocycles. The second kappa shape index (κ2) is 5.04. The Balaban J connectivity index is 1.87. The lowest BCUT2D eigenvalue weighted by atomic mass is 10.0. The molecular weight excluding hydrogens is 290 g/mol. The van der Waals surface area contributed by atoms with Crippen molar-refractivity contribution >= 4 is 33.0 Å². The summed E-state index contributed by atoms with van der Waals surface area (Å²) < 4.78 is 4.40. The highest BCUT2D eigenvalue weighted by Crippen LogP contribution is 2.36. The molecule has 0 saturated carbocycles. The van der Waals surface area contributed by atoms with Gasteiger partial charge in [0, 0.05) is 28.9 Å². The normalized spacial score (nSPS) is 14.4. The zero-order chi connectivity index (χ0) is 14.3. The number of nitrogens with zero attached hydrogens (tertiary/aromatic N) is 4. The van der Waals surface area contributed by atoms with Gasteiger partial charge in [-0.2, -0.15) is 9.64 Å². The van der Waals surface area contributed by atoms with Crippen LogP contribution in [0.3, 0.4) is 0 Å². The lowest BCUT2D eigenvalue weighted by Gasteiger charge is -2.25. The lowest BCUT2D eigenvalue weighted by Crippen LogP contribution is -2.29. The summed E-state index contributed by atoms with van der Waals surface area (Å²) in [6.45, 7) is 5.84. The maximum absolute atomic E-state index is 9.15. The van der Waals surface area contributed by atoms with Gasteiger partial charge in [0.15, 0.2) is 0 Å². The molecule has 5 nitrogen and oxygen atoms in total. The number of thiophene rings is 1. The summed E-state index contributed by atoms with van der Waals surface area (Å²) in [4.78, 5) is 8.01. The number of nitriles is 1. The van der Waals surface area contributed by atoms with Crippen molar-refractivity contribution in [2.75, 3.05) is 17.2 Å². The molecule has 20 heavy (non-hydrogen) atoms. The van der Waals surface area contributed by atoms with Gasteiger partial charge in [-0.3, -0.25) is 0 Å². The highest BCUT2D eigenvalue weighted by Gasteiger charge is 2.25. The van der Waals surface area contributed by atoms with Crippen LogP contribution < -0.4 is 10.6 Å². The van der Waals surface area contributed by atoms with E-state index >= 15 is 0 Å². The molecule has 2 aromatic rings. The molecule has 0 fully saturated rings. The van der Waals surface area contributed by atoms with Gasteiger partial charge in [-0.05, 0) is 12.0 Å². The van der Waals surface area contributed by atoms with Crippen molar-refractivity contribution in [1.82, 2.24) is 9.36 Å². The topological polar surface area (TPSA) is 78.8 Å². The molecular formula is C13H15N5S2. The third kappa shape index (κ3) is 2.15. The van der Waals surface area contributed by atoms with Gasteiger partial charge < -0.3 is 10.6 Å². The van der Waals surface area contributed by atoms with Gasteiger partial charge in [-0.15, -0.1) is 11.3 Å². The zero-order valence-electron chi connectivity index (χ0n) is 11.4. The molecule has 3 heterocycles. The molecule has 2 N–H and O–H groups in total. The molecule has 104 valence electrons. The second-order valence-electron chi connectivity index (χ2n) is 5.12. The van der Waals surface area contributed by atoms with Gasteiger partial charge in [0.1, 0.15) is 16.9 Å². The number of nitrogen functional groups attached to an aromatic ring is 1. The molecule has 0 unspecified atom stereocenters. The van der Waals surface area contributed by atoms with Gasteiger partial charge >= 0.3 is 0 Å². The minimum absolute atomic E-state index is 0.350. The van der Waals surface area contributed by atoms with Crippen LogP contribution in [0.2, 0.25) is 0 Å². The summed E-state index contributed by atoms with van der Waals surface area (Å²) in [6.07, 6.45) is 0.850. The molecule has 2 aromatic heterocycles. The van der Waals surface area contributed by atoms with E-state index in [0.29, 0.717) is 16.5 Å². The van der Waals surface area contributed by atoms with Crippen LogP contribution in [0.5, 0.6) is 0 Å². The van der Waals surface area contributed by atoms with Crippen molar-refractivity contribution in [3.63, 3.8) is 0 Å². The SMILES string of the molecule is CC(C)c1nsc(N2CCc3c(sc(N)c3C#N)C2)n1. The van der Waals surface area contributed by atoms with Crippen LogP contribution in [-0.2, 0) is 13.0 Å². The van der Waals surface area contributed by atoms with Gasteiger partial charge in [0.2, 0.25) is 5.13 Å². The molecule has 0 aromatic carbocycles. The maximum atomic E-state index is 9.15. The minimum atomic E-state index is 0.350. The van der Waals surface area contributed by atoms with Crippen LogP contribution in [-0.4, -0.2) is 15.9 Å². The van der Waals surface area contributed by atoms with E-state index < -0.39 is 0 Å². The summed E-state index contributed by atoms with van der Waals surface area (Å²) >= 11 is 2.97. The highest BCUT2D eigenvalue weighted by molar-refractivity contribution is 7.16. The van der Waals surface area contributed by atoms with Gasteiger partial charge in [0.05, 0.1) is 12.1 Å². The second-order valence-corrected chi connectivity index (χ2v) is 6.98. The molecule has 0 spiro atoms. The molecule has 0 bridgehead atoms. The van der Waals surface area contributed by atoms with E-state index in [1.807, 2.05) is 0 Å². The first kappa shape index (κ1) is 13.3. The fourth-order valence-electron chi connectivity index (χ4n) is 2.30. The van der Waals surface area contributed by atoms with E-state index in [0.717, 1.165) is 36.0 Å². The Morgan fingerprint density at radius 1 is 1.45 bits per heavy atom. The van der Waals surface area contributed by atoms with E-state index in [1.54, 1.807) is 0 Å². The van der Waals surface area contributed by atoms with E-state index in [-0.39, 0.29) is 0 Å². The highest BCUT2D eigenvalue weighted by atomic mass is 32.1. The summed E-state index contributed by atoms with van der Waals surface area (Å²) in [5, 5.41) is 10.8. The maximum Gasteiger partial charge on any atom is 0.205 e. The van der Waals surface area contributed by atoms with Crippen LogP contribution in [0.15, 0.2) is 0 Å². The van der Waals surface area contributed by atoms with Crippen molar-refractivity contribution in [3.8, 4) is 6.07 Å².